The lowest BCUT2D eigenvalue weighted by Crippen LogP contribution is -1.96. The third kappa shape index (κ3) is 1.48. The maximum atomic E-state index is 5.53. The van der Waals surface area contributed by atoms with Crippen LogP contribution in [0, 0.1) is 0 Å². The second kappa shape index (κ2) is 3.09. The first kappa shape index (κ1) is 8.49. The van der Waals surface area contributed by atoms with E-state index in [2.05, 4.69) is 9.97 Å². The van der Waals surface area contributed by atoms with Gasteiger partial charge in [-0.2, -0.15) is 0 Å². The molecule has 3 aromatic heterocycles. The van der Waals surface area contributed by atoms with E-state index in [1.165, 1.54) is 0 Å². The van der Waals surface area contributed by atoms with Crippen molar-refractivity contribution in [2.75, 3.05) is 5.73 Å². The average Bonchev–Trinajstić information content (AvgIpc) is 2.81. The molecule has 15 heavy (non-hydrogen) atoms. The van der Waals surface area contributed by atoms with Gasteiger partial charge in [-0.25, -0.2) is 9.97 Å². The maximum absolute atomic E-state index is 5.53. The monoisotopic (exact) mass is 219 g/mol. The van der Waals surface area contributed by atoms with Crippen LogP contribution in [0.1, 0.15) is 5.69 Å². The van der Waals surface area contributed by atoms with Gasteiger partial charge in [0.05, 0.1) is 18.6 Å². The molecule has 0 saturated heterocycles. The Morgan fingerprint density at radius 3 is 3.07 bits per heavy atom. The van der Waals surface area contributed by atoms with Gasteiger partial charge in [-0.15, -0.1) is 11.3 Å². The molecule has 0 atom stereocenters. The molecular formula is C9H9N5S. The number of imidazole rings is 2. The van der Waals surface area contributed by atoms with Gasteiger partial charge in [-0.1, -0.05) is 0 Å². The summed E-state index contributed by atoms with van der Waals surface area (Å²) in [5.41, 5.74) is 6.55. The molecule has 0 radical (unpaired) electrons. The van der Waals surface area contributed by atoms with Gasteiger partial charge in [0, 0.05) is 24.0 Å². The fourth-order valence-electron chi connectivity index (χ4n) is 1.50. The number of rotatable bonds is 2. The number of anilines is 1. The van der Waals surface area contributed by atoms with Gasteiger partial charge in [-0.3, -0.25) is 4.40 Å². The molecule has 0 amide bonds. The standard InChI is InChI=1S/C9H9N5S/c10-8-5-13(6-11-8)3-7-4-14-1-2-15-9(14)12-7/h1-2,4-6H,3,10H2. The first-order valence-corrected chi connectivity index (χ1v) is 5.37. The highest BCUT2D eigenvalue weighted by molar-refractivity contribution is 7.15. The Hall–Kier alpha value is -1.82. The molecule has 0 saturated carbocycles. The van der Waals surface area contributed by atoms with Crippen LogP contribution in [-0.2, 0) is 6.54 Å². The molecule has 0 aromatic carbocycles. The van der Waals surface area contributed by atoms with E-state index in [0.29, 0.717) is 12.4 Å². The topological polar surface area (TPSA) is 61.1 Å². The molecule has 0 unspecified atom stereocenters. The third-order valence-electron chi connectivity index (χ3n) is 2.14. The summed E-state index contributed by atoms with van der Waals surface area (Å²) in [6.45, 7) is 0.707. The van der Waals surface area contributed by atoms with Crippen molar-refractivity contribution in [1.29, 1.82) is 0 Å². The van der Waals surface area contributed by atoms with Gasteiger partial charge >= 0.3 is 0 Å². The van der Waals surface area contributed by atoms with Crippen molar-refractivity contribution < 1.29 is 0 Å². The summed E-state index contributed by atoms with van der Waals surface area (Å²) in [4.78, 5) is 9.44. The Bertz CT molecular complexity index is 562. The van der Waals surface area contributed by atoms with Crippen LogP contribution in [0.2, 0.25) is 0 Å². The smallest absolute Gasteiger partial charge is 0.193 e. The highest BCUT2D eigenvalue weighted by Crippen LogP contribution is 2.12. The van der Waals surface area contributed by atoms with Crippen LogP contribution < -0.4 is 5.73 Å². The summed E-state index contributed by atoms with van der Waals surface area (Å²) in [7, 11) is 0. The van der Waals surface area contributed by atoms with Gasteiger partial charge in [0.15, 0.2) is 4.96 Å². The molecule has 6 heteroatoms. The lowest BCUT2D eigenvalue weighted by molar-refractivity contribution is 0.779. The minimum atomic E-state index is 0.538. The molecule has 0 aliphatic heterocycles. The second-order valence-corrected chi connectivity index (χ2v) is 4.17. The third-order valence-corrected chi connectivity index (χ3v) is 2.91. The number of fused-ring (bicyclic) bond motifs is 1. The van der Waals surface area contributed by atoms with E-state index in [1.807, 2.05) is 26.7 Å². The Labute approximate surface area is 89.8 Å². The first-order chi connectivity index (χ1) is 7.31. The van der Waals surface area contributed by atoms with Crippen molar-refractivity contribution in [1.82, 2.24) is 18.9 Å². The van der Waals surface area contributed by atoms with Crippen molar-refractivity contribution in [2.45, 2.75) is 6.54 Å². The second-order valence-electron chi connectivity index (χ2n) is 3.30. The first-order valence-electron chi connectivity index (χ1n) is 4.49. The molecule has 76 valence electrons. The highest BCUT2D eigenvalue weighted by Gasteiger charge is 2.03. The molecule has 3 aromatic rings. The molecular weight excluding hydrogens is 210 g/mol. The lowest BCUT2D eigenvalue weighted by Gasteiger charge is -1.95. The summed E-state index contributed by atoms with van der Waals surface area (Å²) < 4.78 is 3.93. The fraction of sp³-hybridized carbons (Fsp3) is 0.111. The fourth-order valence-corrected chi connectivity index (χ4v) is 2.22. The van der Waals surface area contributed by atoms with Gasteiger partial charge in [-0.05, 0) is 0 Å². The van der Waals surface area contributed by atoms with Crippen LogP contribution in [-0.4, -0.2) is 18.9 Å². The van der Waals surface area contributed by atoms with Crippen molar-refractivity contribution in [2.24, 2.45) is 0 Å². The average molecular weight is 219 g/mol. The van der Waals surface area contributed by atoms with E-state index < -0.39 is 0 Å². The van der Waals surface area contributed by atoms with Crippen molar-refractivity contribution in [3.63, 3.8) is 0 Å². The van der Waals surface area contributed by atoms with Gasteiger partial charge in [0.2, 0.25) is 0 Å². The number of nitrogens with two attached hydrogens (primary N) is 1. The zero-order valence-corrected chi connectivity index (χ0v) is 8.68. The van der Waals surface area contributed by atoms with Gasteiger partial charge < -0.3 is 10.3 Å². The minimum absolute atomic E-state index is 0.538. The van der Waals surface area contributed by atoms with E-state index in [4.69, 9.17) is 5.73 Å². The quantitative estimate of drug-likeness (QED) is 0.705. The minimum Gasteiger partial charge on any atom is -0.382 e. The summed E-state index contributed by atoms with van der Waals surface area (Å²) in [5.74, 6) is 0.538. The molecule has 0 bridgehead atoms. The number of hydrogen-bond donors (Lipinski definition) is 1. The Kier molecular flexibility index (Phi) is 1.75. The number of aromatic nitrogens is 4. The van der Waals surface area contributed by atoms with Crippen molar-refractivity contribution in [3.05, 3.63) is 36.0 Å². The Morgan fingerprint density at radius 2 is 2.33 bits per heavy atom. The zero-order valence-electron chi connectivity index (χ0n) is 7.87. The van der Waals surface area contributed by atoms with Crippen LogP contribution in [0.4, 0.5) is 5.82 Å². The summed E-state index contributed by atoms with van der Waals surface area (Å²) in [6, 6.07) is 0. The lowest BCUT2D eigenvalue weighted by atomic mass is 10.5. The molecule has 0 fully saturated rings. The normalized spacial score (nSPS) is 11.2. The van der Waals surface area contributed by atoms with Crippen molar-refractivity contribution in [3.8, 4) is 0 Å². The Balaban J connectivity index is 1.92. The number of thiazole rings is 1. The van der Waals surface area contributed by atoms with Crippen LogP contribution >= 0.6 is 11.3 Å². The molecule has 3 heterocycles. The van der Waals surface area contributed by atoms with Crippen LogP contribution in [0.25, 0.3) is 4.96 Å². The highest BCUT2D eigenvalue weighted by atomic mass is 32.1. The predicted molar refractivity (Wildman–Crippen MR) is 58.8 cm³/mol. The molecule has 5 nitrogen and oxygen atoms in total. The number of hydrogen-bond acceptors (Lipinski definition) is 4. The summed E-state index contributed by atoms with van der Waals surface area (Å²) >= 11 is 1.63. The maximum Gasteiger partial charge on any atom is 0.193 e. The predicted octanol–water partition coefficient (Wildman–Crippen LogP) is 1.22. The molecule has 0 aliphatic carbocycles. The van der Waals surface area contributed by atoms with Crippen molar-refractivity contribution >= 4 is 22.1 Å². The summed E-state index contributed by atoms with van der Waals surface area (Å²) in [5, 5.41) is 2.02. The molecule has 0 aliphatic rings. The largest absolute Gasteiger partial charge is 0.382 e. The van der Waals surface area contributed by atoms with Crippen LogP contribution in [0.3, 0.4) is 0 Å². The summed E-state index contributed by atoms with van der Waals surface area (Å²) in [6.07, 6.45) is 7.52. The van der Waals surface area contributed by atoms with Crippen LogP contribution in [0.15, 0.2) is 30.3 Å². The number of nitrogens with zero attached hydrogens (tertiary/aromatic N) is 4. The van der Waals surface area contributed by atoms with E-state index in [9.17, 15) is 0 Å². The Morgan fingerprint density at radius 1 is 1.40 bits per heavy atom. The van der Waals surface area contributed by atoms with E-state index in [0.717, 1.165) is 10.7 Å². The van der Waals surface area contributed by atoms with E-state index in [-0.39, 0.29) is 0 Å². The SMILES string of the molecule is Nc1cn(Cc2cn3ccsc3n2)cn1. The van der Waals surface area contributed by atoms with E-state index >= 15 is 0 Å². The van der Waals surface area contributed by atoms with Gasteiger partial charge in [0.25, 0.3) is 0 Å². The number of nitrogen functional groups attached to an aromatic ring is 1. The molecule has 2 N–H and O–H groups in total. The molecule has 3 rings (SSSR count). The van der Waals surface area contributed by atoms with Crippen LogP contribution in [0.5, 0.6) is 0 Å². The van der Waals surface area contributed by atoms with Gasteiger partial charge in [0.1, 0.15) is 5.82 Å². The zero-order chi connectivity index (χ0) is 10.3. The molecule has 0 spiro atoms. The van der Waals surface area contributed by atoms with E-state index in [1.54, 1.807) is 23.9 Å².